The fourth-order valence-corrected chi connectivity index (χ4v) is 5.04. The van der Waals surface area contributed by atoms with Crippen molar-refractivity contribution in [1.29, 1.82) is 0 Å². The van der Waals surface area contributed by atoms with Gasteiger partial charge in [-0.15, -0.1) is 0 Å². The molecule has 0 saturated heterocycles. The molecule has 1 saturated carbocycles. The van der Waals surface area contributed by atoms with Gasteiger partial charge in [0.2, 0.25) is 5.91 Å². The molecule has 38 heavy (non-hydrogen) atoms. The second kappa shape index (κ2) is 11.4. The highest BCUT2D eigenvalue weighted by Gasteiger charge is 2.35. The zero-order valence-electron chi connectivity index (χ0n) is 20.9. The molecular weight excluding hydrogens is 484 g/mol. The van der Waals surface area contributed by atoms with Crippen LogP contribution in [0.2, 0.25) is 0 Å². The van der Waals surface area contributed by atoms with E-state index in [1.165, 1.54) is 47.4 Å². The smallest absolute Gasteiger partial charge is 0.275 e. The number of halogens is 2. The SMILES string of the molecule is O=C(NC1CCCCC1)[C@@H](c1ccc(F)cc1)N(C(=O)c1ccc(-c2ccccc2)[nH]1)c1cccc(F)c1. The second-order valence-corrected chi connectivity index (χ2v) is 9.60. The van der Waals surface area contributed by atoms with Crippen LogP contribution in [0.15, 0.2) is 91.0 Å². The van der Waals surface area contributed by atoms with E-state index in [1.54, 1.807) is 18.2 Å². The summed E-state index contributed by atoms with van der Waals surface area (Å²) < 4.78 is 28.3. The minimum atomic E-state index is -1.14. The van der Waals surface area contributed by atoms with E-state index in [2.05, 4.69) is 10.3 Å². The summed E-state index contributed by atoms with van der Waals surface area (Å²) in [4.78, 5) is 32.4. The molecule has 0 bridgehead atoms. The number of nitrogens with one attached hydrogen (secondary N) is 2. The van der Waals surface area contributed by atoms with Crippen LogP contribution in [0.4, 0.5) is 14.5 Å². The van der Waals surface area contributed by atoms with Crippen LogP contribution in [0.3, 0.4) is 0 Å². The van der Waals surface area contributed by atoms with Gasteiger partial charge in [0, 0.05) is 17.4 Å². The fourth-order valence-electron chi connectivity index (χ4n) is 5.04. The molecule has 1 atom stereocenters. The van der Waals surface area contributed by atoms with Gasteiger partial charge in [-0.1, -0.05) is 67.8 Å². The Bertz CT molecular complexity index is 1400. The molecular formula is C31H29F2N3O2. The third-order valence-electron chi connectivity index (χ3n) is 6.95. The largest absolute Gasteiger partial charge is 0.351 e. The summed E-state index contributed by atoms with van der Waals surface area (Å²) in [6.45, 7) is 0. The third kappa shape index (κ3) is 5.67. The number of hydrogen-bond acceptors (Lipinski definition) is 2. The highest BCUT2D eigenvalue weighted by Crippen LogP contribution is 2.32. The summed E-state index contributed by atoms with van der Waals surface area (Å²) >= 11 is 0. The van der Waals surface area contributed by atoms with Crippen molar-refractivity contribution in [2.45, 2.75) is 44.2 Å². The lowest BCUT2D eigenvalue weighted by atomic mass is 9.94. The molecule has 194 valence electrons. The summed E-state index contributed by atoms with van der Waals surface area (Å²) in [5.41, 5.74) is 2.52. The van der Waals surface area contributed by atoms with Crippen LogP contribution in [-0.4, -0.2) is 22.8 Å². The lowest BCUT2D eigenvalue weighted by molar-refractivity contribution is -0.123. The number of anilines is 1. The second-order valence-electron chi connectivity index (χ2n) is 9.60. The first-order chi connectivity index (χ1) is 18.5. The first-order valence-corrected chi connectivity index (χ1v) is 12.9. The van der Waals surface area contributed by atoms with Crippen molar-refractivity contribution < 1.29 is 18.4 Å². The van der Waals surface area contributed by atoms with Crippen molar-refractivity contribution in [2.24, 2.45) is 0 Å². The van der Waals surface area contributed by atoms with Gasteiger partial charge in [0.25, 0.3) is 5.91 Å². The first-order valence-electron chi connectivity index (χ1n) is 12.9. The van der Waals surface area contributed by atoms with E-state index in [4.69, 9.17) is 0 Å². The lowest BCUT2D eigenvalue weighted by Gasteiger charge is -2.33. The van der Waals surface area contributed by atoms with Crippen LogP contribution < -0.4 is 10.2 Å². The Morgan fingerprint density at radius 1 is 0.816 bits per heavy atom. The van der Waals surface area contributed by atoms with Gasteiger partial charge in [0.1, 0.15) is 23.4 Å². The highest BCUT2D eigenvalue weighted by molar-refractivity contribution is 6.09. The zero-order chi connectivity index (χ0) is 26.5. The predicted octanol–water partition coefficient (Wildman–Crippen LogP) is 6.80. The van der Waals surface area contributed by atoms with Gasteiger partial charge in [0.15, 0.2) is 0 Å². The molecule has 5 nitrogen and oxygen atoms in total. The standard InChI is InChI=1S/C31H29F2N3O2/c32-23-16-14-22(15-17-23)29(30(37)34-25-11-5-2-6-12-25)36(26-13-7-10-24(33)20-26)31(38)28-19-18-27(35-28)21-8-3-1-4-9-21/h1,3-4,7-10,13-20,25,29,35H,2,5-6,11-12H2,(H,34,37)/t29-/m1/s1. The Morgan fingerprint density at radius 3 is 2.26 bits per heavy atom. The number of hydrogen-bond donors (Lipinski definition) is 2. The maximum Gasteiger partial charge on any atom is 0.275 e. The molecule has 0 radical (unpaired) electrons. The van der Waals surface area contributed by atoms with Gasteiger partial charge in [-0.05, 0) is 66.4 Å². The van der Waals surface area contributed by atoms with E-state index in [-0.39, 0.29) is 17.4 Å². The maximum atomic E-state index is 14.4. The van der Waals surface area contributed by atoms with Gasteiger partial charge in [0.05, 0.1) is 0 Å². The monoisotopic (exact) mass is 513 g/mol. The van der Waals surface area contributed by atoms with Crippen LogP contribution >= 0.6 is 0 Å². The molecule has 1 fully saturated rings. The molecule has 1 aliphatic rings. The zero-order valence-corrected chi connectivity index (χ0v) is 20.9. The van der Waals surface area contributed by atoms with Gasteiger partial charge >= 0.3 is 0 Å². The Balaban J connectivity index is 1.57. The molecule has 4 aromatic rings. The van der Waals surface area contributed by atoms with Gasteiger partial charge < -0.3 is 10.3 Å². The van der Waals surface area contributed by atoms with Crippen molar-refractivity contribution in [3.63, 3.8) is 0 Å². The summed E-state index contributed by atoms with van der Waals surface area (Å²) in [5.74, 6) is -1.90. The van der Waals surface area contributed by atoms with Crippen LogP contribution in [0.5, 0.6) is 0 Å². The molecule has 3 aromatic carbocycles. The van der Waals surface area contributed by atoms with Gasteiger partial charge in [-0.25, -0.2) is 8.78 Å². The van der Waals surface area contributed by atoms with Crippen molar-refractivity contribution in [3.8, 4) is 11.3 Å². The predicted molar refractivity (Wildman–Crippen MR) is 144 cm³/mol. The third-order valence-corrected chi connectivity index (χ3v) is 6.95. The minimum Gasteiger partial charge on any atom is -0.351 e. The Morgan fingerprint density at radius 2 is 1.55 bits per heavy atom. The van der Waals surface area contributed by atoms with Crippen molar-refractivity contribution in [1.82, 2.24) is 10.3 Å². The van der Waals surface area contributed by atoms with Crippen molar-refractivity contribution >= 4 is 17.5 Å². The van der Waals surface area contributed by atoms with Crippen LogP contribution in [0.1, 0.15) is 54.2 Å². The molecule has 1 aliphatic carbocycles. The number of carbonyl (C=O) groups is 2. The van der Waals surface area contributed by atoms with Crippen molar-refractivity contribution in [2.75, 3.05) is 4.90 Å². The number of nitrogens with zero attached hydrogens (tertiary/aromatic N) is 1. The molecule has 5 rings (SSSR count). The van der Waals surface area contributed by atoms with Crippen LogP contribution in [-0.2, 0) is 4.79 Å². The Hall–Kier alpha value is -4.26. The number of aromatic nitrogens is 1. The summed E-state index contributed by atoms with van der Waals surface area (Å²) in [6, 6.07) is 22.9. The first kappa shape index (κ1) is 25.4. The normalized spacial score (nSPS) is 14.6. The van der Waals surface area contributed by atoms with E-state index in [1.807, 2.05) is 30.3 Å². The molecule has 2 N–H and O–H groups in total. The minimum absolute atomic E-state index is 0.0150. The highest BCUT2D eigenvalue weighted by atomic mass is 19.1. The van der Waals surface area contributed by atoms with Crippen molar-refractivity contribution in [3.05, 3.63) is 114 Å². The Kier molecular flexibility index (Phi) is 7.63. The number of carbonyl (C=O) groups excluding carboxylic acids is 2. The molecule has 0 aliphatic heterocycles. The van der Waals surface area contributed by atoms with Gasteiger partial charge in [-0.2, -0.15) is 0 Å². The molecule has 2 amide bonds. The van der Waals surface area contributed by atoms with E-state index in [0.29, 0.717) is 5.56 Å². The van der Waals surface area contributed by atoms with Crippen LogP contribution in [0, 0.1) is 11.6 Å². The Labute approximate surface area is 220 Å². The van der Waals surface area contributed by atoms with Crippen LogP contribution in [0.25, 0.3) is 11.3 Å². The number of benzene rings is 3. The average molecular weight is 514 g/mol. The quantitative estimate of drug-likeness (QED) is 0.286. The summed E-state index contributed by atoms with van der Waals surface area (Å²) in [5, 5.41) is 3.10. The summed E-state index contributed by atoms with van der Waals surface area (Å²) in [6.07, 6.45) is 4.87. The number of H-pyrrole nitrogens is 1. The number of aromatic amines is 1. The van der Waals surface area contributed by atoms with E-state index in [0.717, 1.165) is 43.4 Å². The van der Waals surface area contributed by atoms with E-state index < -0.39 is 29.5 Å². The van der Waals surface area contributed by atoms with Gasteiger partial charge in [-0.3, -0.25) is 14.5 Å². The van der Waals surface area contributed by atoms with E-state index >= 15 is 0 Å². The lowest BCUT2D eigenvalue weighted by Crippen LogP contribution is -2.47. The molecule has 1 aromatic heterocycles. The number of rotatable bonds is 7. The summed E-state index contributed by atoms with van der Waals surface area (Å²) in [7, 11) is 0. The maximum absolute atomic E-state index is 14.4. The molecule has 0 unspecified atom stereocenters. The number of amides is 2. The molecule has 7 heteroatoms. The fraction of sp³-hybridized carbons (Fsp3) is 0.226. The average Bonchev–Trinajstić information content (AvgIpc) is 3.44. The molecule has 1 heterocycles. The molecule has 0 spiro atoms. The van der Waals surface area contributed by atoms with E-state index in [9.17, 15) is 18.4 Å². The topological polar surface area (TPSA) is 65.2 Å².